The fraction of sp³-hybridized carbons (Fsp3) is 0.643. The summed E-state index contributed by atoms with van der Waals surface area (Å²) in [6.07, 6.45) is 8.87. The summed E-state index contributed by atoms with van der Waals surface area (Å²) in [7, 11) is 0. The van der Waals surface area contributed by atoms with E-state index in [1.54, 1.807) is 6.20 Å². The first-order chi connectivity index (χ1) is 9.31. The van der Waals surface area contributed by atoms with E-state index in [0.717, 1.165) is 29.0 Å². The first kappa shape index (κ1) is 11.2. The highest BCUT2D eigenvalue weighted by Gasteiger charge is 2.41. The Hall–Kier alpha value is -1.65. The van der Waals surface area contributed by atoms with E-state index in [0.29, 0.717) is 11.8 Å². The first-order valence-electron chi connectivity index (χ1n) is 7.13. The zero-order chi connectivity index (χ0) is 12.8. The molecule has 2 fully saturated rings. The smallest absolute Gasteiger partial charge is 0.262 e. The van der Waals surface area contributed by atoms with Crippen molar-refractivity contribution in [1.82, 2.24) is 15.1 Å². The molecule has 2 aromatic heterocycles. The molecule has 2 aromatic rings. The van der Waals surface area contributed by atoms with Crippen molar-refractivity contribution < 1.29 is 4.52 Å². The quantitative estimate of drug-likeness (QED) is 0.917. The van der Waals surface area contributed by atoms with E-state index in [1.165, 1.54) is 32.0 Å². The van der Waals surface area contributed by atoms with Gasteiger partial charge in [0.25, 0.3) is 5.71 Å². The zero-order valence-electron chi connectivity index (χ0n) is 11.0. The maximum Gasteiger partial charge on any atom is 0.262 e. The van der Waals surface area contributed by atoms with Crippen LogP contribution in [0, 0.1) is 17.8 Å². The Morgan fingerprint density at radius 3 is 3.05 bits per heavy atom. The van der Waals surface area contributed by atoms with Crippen LogP contribution in [0.3, 0.4) is 0 Å². The van der Waals surface area contributed by atoms with E-state index in [1.807, 2.05) is 0 Å². The number of anilines is 1. The molecule has 0 unspecified atom stereocenters. The van der Waals surface area contributed by atoms with E-state index < -0.39 is 0 Å². The lowest BCUT2D eigenvalue weighted by Crippen LogP contribution is -2.30. The van der Waals surface area contributed by atoms with Crippen molar-refractivity contribution in [3.8, 4) is 0 Å². The van der Waals surface area contributed by atoms with Crippen molar-refractivity contribution in [1.29, 1.82) is 0 Å². The Labute approximate surface area is 111 Å². The second kappa shape index (κ2) is 4.18. The lowest BCUT2D eigenvalue weighted by atomic mass is 9.84. The minimum Gasteiger partial charge on any atom is -0.367 e. The van der Waals surface area contributed by atoms with E-state index in [2.05, 4.69) is 27.4 Å². The lowest BCUT2D eigenvalue weighted by molar-refractivity contribution is 0.304. The number of aromatic nitrogens is 3. The molecule has 0 aromatic carbocycles. The van der Waals surface area contributed by atoms with Gasteiger partial charge in [-0.25, -0.2) is 4.98 Å². The van der Waals surface area contributed by atoms with Gasteiger partial charge in [-0.05, 0) is 43.9 Å². The largest absolute Gasteiger partial charge is 0.367 e. The third-order valence-corrected chi connectivity index (χ3v) is 4.97. The maximum atomic E-state index is 5.07. The van der Waals surface area contributed by atoms with Gasteiger partial charge in [-0.15, -0.1) is 0 Å². The van der Waals surface area contributed by atoms with Crippen molar-refractivity contribution in [3.63, 3.8) is 0 Å². The normalized spacial score (nSPS) is 30.9. The van der Waals surface area contributed by atoms with Gasteiger partial charge in [0.1, 0.15) is 17.5 Å². The Bertz CT molecular complexity index is 596. The van der Waals surface area contributed by atoms with Crippen molar-refractivity contribution in [2.75, 3.05) is 5.32 Å². The SMILES string of the molecule is C[C@@H](Nc1ncnc2oncc12)[C@H]1C[C@H]2CC[C@H]1C2. The van der Waals surface area contributed by atoms with Gasteiger partial charge < -0.3 is 9.84 Å². The van der Waals surface area contributed by atoms with Crippen LogP contribution in [0.2, 0.25) is 0 Å². The molecular weight excluding hydrogens is 240 g/mol. The van der Waals surface area contributed by atoms with Crippen LogP contribution < -0.4 is 5.32 Å². The van der Waals surface area contributed by atoms with Crippen molar-refractivity contribution in [2.45, 2.75) is 38.6 Å². The molecule has 2 aliphatic carbocycles. The molecule has 0 aliphatic heterocycles. The van der Waals surface area contributed by atoms with E-state index >= 15 is 0 Å². The van der Waals surface area contributed by atoms with E-state index in [4.69, 9.17) is 4.52 Å². The molecule has 1 N–H and O–H groups in total. The third kappa shape index (κ3) is 1.79. The second-order valence-electron chi connectivity index (χ2n) is 6.04. The highest BCUT2D eigenvalue weighted by molar-refractivity contribution is 5.84. The molecule has 5 nitrogen and oxygen atoms in total. The number of nitrogens with zero attached hydrogens (tertiary/aromatic N) is 3. The average Bonchev–Trinajstić information content (AvgIpc) is 3.14. The molecule has 100 valence electrons. The minimum atomic E-state index is 0.448. The van der Waals surface area contributed by atoms with Crippen molar-refractivity contribution in [2.24, 2.45) is 17.8 Å². The summed E-state index contributed by atoms with van der Waals surface area (Å²) in [6, 6.07) is 0.448. The zero-order valence-corrected chi connectivity index (χ0v) is 11.0. The highest BCUT2D eigenvalue weighted by Crippen LogP contribution is 2.49. The molecule has 0 radical (unpaired) electrons. The fourth-order valence-electron chi connectivity index (χ4n) is 4.04. The van der Waals surface area contributed by atoms with Crippen LogP contribution in [0.5, 0.6) is 0 Å². The molecule has 4 rings (SSSR count). The molecule has 2 saturated carbocycles. The Balaban J connectivity index is 1.56. The number of fused-ring (bicyclic) bond motifs is 3. The molecule has 19 heavy (non-hydrogen) atoms. The molecule has 4 atom stereocenters. The van der Waals surface area contributed by atoms with Crippen LogP contribution in [0.15, 0.2) is 17.0 Å². The van der Waals surface area contributed by atoms with Gasteiger partial charge in [0.05, 0.1) is 6.20 Å². The molecule has 0 saturated heterocycles. The summed E-state index contributed by atoms with van der Waals surface area (Å²) in [6.45, 7) is 2.27. The predicted molar refractivity (Wildman–Crippen MR) is 71.6 cm³/mol. The lowest BCUT2D eigenvalue weighted by Gasteiger charge is -2.28. The van der Waals surface area contributed by atoms with Crippen molar-refractivity contribution in [3.05, 3.63) is 12.5 Å². The number of hydrogen-bond donors (Lipinski definition) is 1. The minimum absolute atomic E-state index is 0.448. The molecule has 2 heterocycles. The molecule has 2 aliphatic rings. The number of hydrogen-bond acceptors (Lipinski definition) is 5. The third-order valence-electron chi connectivity index (χ3n) is 4.97. The van der Waals surface area contributed by atoms with E-state index in [-0.39, 0.29) is 0 Å². The summed E-state index contributed by atoms with van der Waals surface area (Å²) in [4.78, 5) is 8.39. The molecular formula is C14H18N4O. The summed E-state index contributed by atoms with van der Waals surface area (Å²) in [5.74, 6) is 3.51. The second-order valence-corrected chi connectivity index (χ2v) is 6.04. The van der Waals surface area contributed by atoms with Crippen LogP contribution in [-0.2, 0) is 0 Å². The van der Waals surface area contributed by atoms with Gasteiger partial charge >= 0.3 is 0 Å². The topological polar surface area (TPSA) is 63.8 Å². The van der Waals surface area contributed by atoms with Gasteiger partial charge in [0.15, 0.2) is 0 Å². The predicted octanol–water partition coefficient (Wildman–Crippen LogP) is 2.85. The van der Waals surface area contributed by atoms with Crippen LogP contribution in [0.1, 0.15) is 32.6 Å². The monoisotopic (exact) mass is 258 g/mol. The molecule has 5 heteroatoms. The fourth-order valence-corrected chi connectivity index (χ4v) is 4.04. The Kier molecular flexibility index (Phi) is 2.47. The van der Waals surface area contributed by atoms with Gasteiger partial charge in [-0.2, -0.15) is 4.98 Å². The number of nitrogens with one attached hydrogen (secondary N) is 1. The summed E-state index contributed by atoms with van der Waals surface area (Å²) in [5, 5.41) is 8.21. The molecule has 0 spiro atoms. The Morgan fingerprint density at radius 2 is 2.26 bits per heavy atom. The summed E-state index contributed by atoms with van der Waals surface area (Å²) in [5.41, 5.74) is 0.553. The standard InChI is InChI=1S/C14H18N4O/c1-8(11-5-9-2-3-10(11)4-9)18-13-12-6-17-19-14(12)16-7-15-13/h6-11H,2-5H2,1H3,(H,15,16,18)/t8-,9+,10+,11-/m1/s1. The van der Waals surface area contributed by atoms with Crippen molar-refractivity contribution >= 4 is 16.9 Å². The maximum absolute atomic E-state index is 5.07. The van der Waals surface area contributed by atoms with Gasteiger partial charge in [-0.3, -0.25) is 0 Å². The van der Waals surface area contributed by atoms with Gasteiger partial charge in [-0.1, -0.05) is 11.6 Å². The van der Waals surface area contributed by atoms with Gasteiger partial charge in [0.2, 0.25) is 0 Å². The molecule has 0 amide bonds. The van der Waals surface area contributed by atoms with Crippen LogP contribution in [0.25, 0.3) is 11.1 Å². The highest BCUT2D eigenvalue weighted by atomic mass is 16.5. The van der Waals surface area contributed by atoms with Crippen LogP contribution in [0.4, 0.5) is 5.82 Å². The van der Waals surface area contributed by atoms with E-state index in [9.17, 15) is 0 Å². The van der Waals surface area contributed by atoms with Crippen LogP contribution >= 0.6 is 0 Å². The van der Waals surface area contributed by atoms with Gasteiger partial charge in [0, 0.05) is 6.04 Å². The Morgan fingerprint density at radius 1 is 1.32 bits per heavy atom. The van der Waals surface area contributed by atoms with Crippen LogP contribution in [-0.4, -0.2) is 21.2 Å². The molecule has 2 bridgehead atoms. The summed E-state index contributed by atoms with van der Waals surface area (Å²) < 4.78 is 5.07. The first-order valence-corrected chi connectivity index (χ1v) is 7.13. The average molecular weight is 258 g/mol. The number of rotatable bonds is 3. The summed E-state index contributed by atoms with van der Waals surface area (Å²) >= 11 is 0.